The molecule has 3 nitrogen and oxygen atoms in total. The van der Waals surface area contributed by atoms with Crippen molar-refractivity contribution in [3.63, 3.8) is 0 Å². The van der Waals surface area contributed by atoms with Crippen LogP contribution in [0.5, 0.6) is 5.75 Å². The van der Waals surface area contributed by atoms with E-state index in [4.69, 9.17) is 16.3 Å². The third-order valence-corrected chi connectivity index (χ3v) is 3.31. The normalized spacial score (nSPS) is 10.3. The second kappa shape index (κ2) is 6.37. The second-order valence-corrected chi connectivity index (χ2v) is 4.85. The molecule has 0 saturated heterocycles. The van der Waals surface area contributed by atoms with Gasteiger partial charge in [0.2, 0.25) is 0 Å². The van der Waals surface area contributed by atoms with Crippen LogP contribution in [0.25, 0.3) is 11.3 Å². The number of halogens is 1. The van der Waals surface area contributed by atoms with Crippen LogP contribution < -0.4 is 4.74 Å². The SMILES string of the molecule is Clc1nccnc1-c1ccc(OCc2ccccc2)cc1. The lowest BCUT2D eigenvalue weighted by Gasteiger charge is -2.07. The molecule has 0 aliphatic heterocycles. The number of aromatic nitrogens is 2. The Hall–Kier alpha value is -2.39. The average Bonchev–Trinajstić information content (AvgIpc) is 2.55. The Morgan fingerprint density at radius 2 is 1.57 bits per heavy atom. The number of nitrogens with zero attached hydrogens (tertiary/aromatic N) is 2. The molecule has 0 aliphatic carbocycles. The molecule has 104 valence electrons. The minimum absolute atomic E-state index is 0.399. The summed E-state index contributed by atoms with van der Waals surface area (Å²) in [5.41, 5.74) is 2.73. The van der Waals surface area contributed by atoms with Gasteiger partial charge in [-0.1, -0.05) is 41.9 Å². The van der Waals surface area contributed by atoms with Gasteiger partial charge in [-0.25, -0.2) is 4.98 Å². The number of hydrogen-bond acceptors (Lipinski definition) is 3. The van der Waals surface area contributed by atoms with Crippen molar-refractivity contribution in [1.29, 1.82) is 0 Å². The minimum Gasteiger partial charge on any atom is -0.489 e. The molecule has 0 saturated carbocycles. The van der Waals surface area contributed by atoms with Crippen LogP contribution >= 0.6 is 11.6 Å². The molecule has 4 heteroatoms. The molecule has 0 N–H and O–H groups in total. The molecule has 2 aromatic carbocycles. The highest BCUT2D eigenvalue weighted by molar-refractivity contribution is 6.31. The second-order valence-electron chi connectivity index (χ2n) is 4.49. The Balaban J connectivity index is 1.71. The molecule has 0 radical (unpaired) electrons. The molecule has 0 fully saturated rings. The molecule has 0 aliphatic rings. The van der Waals surface area contributed by atoms with Crippen molar-refractivity contribution in [3.8, 4) is 17.0 Å². The van der Waals surface area contributed by atoms with Crippen LogP contribution in [0.15, 0.2) is 67.0 Å². The zero-order chi connectivity index (χ0) is 14.5. The van der Waals surface area contributed by atoms with Gasteiger partial charge in [0.25, 0.3) is 0 Å². The number of rotatable bonds is 4. The fraction of sp³-hybridized carbons (Fsp3) is 0.0588. The predicted octanol–water partition coefficient (Wildman–Crippen LogP) is 4.38. The van der Waals surface area contributed by atoms with Gasteiger partial charge in [0.05, 0.1) is 0 Å². The molecule has 0 atom stereocenters. The first kappa shape index (κ1) is 13.6. The van der Waals surface area contributed by atoms with E-state index in [1.165, 1.54) is 0 Å². The Morgan fingerprint density at radius 3 is 2.29 bits per heavy atom. The van der Waals surface area contributed by atoms with Gasteiger partial charge in [0.1, 0.15) is 18.1 Å². The standard InChI is InChI=1S/C17H13ClN2O/c18-17-16(19-10-11-20-17)14-6-8-15(9-7-14)21-12-13-4-2-1-3-5-13/h1-11H,12H2. The summed E-state index contributed by atoms with van der Waals surface area (Å²) in [5, 5.41) is 0.399. The monoisotopic (exact) mass is 296 g/mol. The number of hydrogen-bond donors (Lipinski definition) is 0. The van der Waals surface area contributed by atoms with Crippen LogP contribution in [0.1, 0.15) is 5.56 Å². The summed E-state index contributed by atoms with van der Waals surface area (Å²) < 4.78 is 5.74. The molecule has 0 unspecified atom stereocenters. The van der Waals surface area contributed by atoms with E-state index in [-0.39, 0.29) is 0 Å². The van der Waals surface area contributed by atoms with E-state index in [1.807, 2.05) is 54.6 Å². The van der Waals surface area contributed by atoms with E-state index >= 15 is 0 Å². The summed E-state index contributed by atoms with van der Waals surface area (Å²) in [6, 6.07) is 17.7. The van der Waals surface area contributed by atoms with Crippen molar-refractivity contribution in [1.82, 2.24) is 9.97 Å². The summed E-state index contributed by atoms with van der Waals surface area (Å²) in [6.45, 7) is 0.548. The highest BCUT2D eigenvalue weighted by Gasteiger charge is 2.05. The topological polar surface area (TPSA) is 35.0 Å². The lowest BCUT2D eigenvalue weighted by Crippen LogP contribution is -1.95. The maximum Gasteiger partial charge on any atom is 0.155 e. The van der Waals surface area contributed by atoms with Crippen LogP contribution in [-0.4, -0.2) is 9.97 Å². The average molecular weight is 297 g/mol. The molecular formula is C17H13ClN2O. The van der Waals surface area contributed by atoms with Crippen molar-refractivity contribution in [2.75, 3.05) is 0 Å². The molecule has 0 amide bonds. The van der Waals surface area contributed by atoms with Crippen molar-refractivity contribution in [2.24, 2.45) is 0 Å². The van der Waals surface area contributed by atoms with E-state index in [9.17, 15) is 0 Å². The minimum atomic E-state index is 0.399. The van der Waals surface area contributed by atoms with Gasteiger partial charge in [-0.2, -0.15) is 0 Å². The lowest BCUT2D eigenvalue weighted by atomic mass is 10.1. The highest BCUT2D eigenvalue weighted by atomic mass is 35.5. The van der Waals surface area contributed by atoms with Crippen LogP contribution in [0, 0.1) is 0 Å². The Kier molecular flexibility index (Phi) is 4.12. The van der Waals surface area contributed by atoms with Gasteiger partial charge in [0, 0.05) is 18.0 Å². The summed E-state index contributed by atoms with van der Waals surface area (Å²) in [4.78, 5) is 8.26. The molecule has 3 rings (SSSR count). The first-order chi connectivity index (χ1) is 10.3. The fourth-order valence-corrected chi connectivity index (χ4v) is 2.18. The molecule has 0 spiro atoms. The van der Waals surface area contributed by atoms with Crippen LogP contribution in [0.4, 0.5) is 0 Å². The maximum atomic E-state index is 6.03. The first-order valence-corrected chi connectivity index (χ1v) is 6.94. The lowest BCUT2D eigenvalue weighted by molar-refractivity contribution is 0.306. The smallest absolute Gasteiger partial charge is 0.155 e. The van der Waals surface area contributed by atoms with Gasteiger partial charge in [-0.3, -0.25) is 4.98 Å². The fourth-order valence-electron chi connectivity index (χ4n) is 1.96. The van der Waals surface area contributed by atoms with E-state index in [0.29, 0.717) is 17.5 Å². The summed E-state index contributed by atoms with van der Waals surface area (Å²) in [6.07, 6.45) is 3.20. The van der Waals surface area contributed by atoms with Crippen molar-refractivity contribution in [3.05, 3.63) is 77.7 Å². The summed E-state index contributed by atoms with van der Waals surface area (Å²) in [7, 11) is 0. The molecule has 21 heavy (non-hydrogen) atoms. The largest absolute Gasteiger partial charge is 0.489 e. The summed E-state index contributed by atoms with van der Waals surface area (Å²) in [5.74, 6) is 0.808. The van der Waals surface area contributed by atoms with E-state index in [2.05, 4.69) is 9.97 Å². The Labute approximate surface area is 128 Å². The maximum absolute atomic E-state index is 6.03. The molecule has 0 bridgehead atoms. The van der Waals surface area contributed by atoms with Crippen LogP contribution in [-0.2, 0) is 6.61 Å². The number of ether oxygens (including phenoxy) is 1. The van der Waals surface area contributed by atoms with E-state index in [0.717, 1.165) is 16.9 Å². The van der Waals surface area contributed by atoms with Gasteiger partial charge < -0.3 is 4.74 Å². The zero-order valence-corrected chi connectivity index (χ0v) is 12.0. The first-order valence-electron chi connectivity index (χ1n) is 6.56. The highest BCUT2D eigenvalue weighted by Crippen LogP contribution is 2.25. The molecule has 3 aromatic rings. The van der Waals surface area contributed by atoms with Gasteiger partial charge in [0.15, 0.2) is 5.15 Å². The third-order valence-electron chi connectivity index (χ3n) is 3.03. The molecule has 1 heterocycles. The van der Waals surface area contributed by atoms with Gasteiger partial charge >= 0.3 is 0 Å². The molecular weight excluding hydrogens is 284 g/mol. The van der Waals surface area contributed by atoms with Gasteiger partial charge in [-0.05, 0) is 29.8 Å². The molecule has 1 aromatic heterocycles. The van der Waals surface area contributed by atoms with Gasteiger partial charge in [-0.15, -0.1) is 0 Å². The number of benzene rings is 2. The quantitative estimate of drug-likeness (QED) is 0.717. The van der Waals surface area contributed by atoms with Crippen LogP contribution in [0.2, 0.25) is 5.15 Å². The van der Waals surface area contributed by atoms with E-state index < -0.39 is 0 Å². The third kappa shape index (κ3) is 3.38. The van der Waals surface area contributed by atoms with Crippen molar-refractivity contribution in [2.45, 2.75) is 6.61 Å². The summed E-state index contributed by atoms with van der Waals surface area (Å²) >= 11 is 6.03. The Bertz CT molecular complexity index is 714. The van der Waals surface area contributed by atoms with Crippen molar-refractivity contribution >= 4 is 11.6 Å². The predicted molar refractivity (Wildman–Crippen MR) is 83.3 cm³/mol. The zero-order valence-electron chi connectivity index (χ0n) is 11.2. The van der Waals surface area contributed by atoms with E-state index in [1.54, 1.807) is 12.4 Å². The Morgan fingerprint density at radius 1 is 0.857 bits per heavy atom. The van der Waals surface area contributed by atoms with Crippen LogP contribution in [0.3, 0.4) is 0 Å². The van der Waals surface area contributed by atoms with Crippen molar-refractivity contribution < 1.29 is 4.74 Å².